The first-order valence-electron chi connectivity index (χ1n) is 2.63. The molecular formula is C5H10As. The van der Waals surface area contributed by atoms with Gasteiger partial charge in [0.05, 0.1) is 0 Å². The van der Waals surface area contributed by atoms with Crippen LogP contribution in [0.5, 0.6) is 0 Å². The van der Waals surface area contributed by atoms with Crippen LogP contribution in [0.3, 0.4) is 0 Å². The molecule has 0 atom stereocenters. The molecule has 1 radical (unpaired) electrons. The molecule has 1 saturated heterocycles. The number of rotatable bonds is 0. The molecule has 0 aromatic rings. The Bertz CT molecular complexity index is 19.4. The van der Waals surface area contributed by atoms with Gasteiger partial charge in [-0.3, -0.25) is 0 Å². The average molecular weight is 145 g/mol. The van der Waals surface area contributed by atoms with E-state index >= 15 is 0 Å². The fourth-order valence-corrected chi connectivity index (χ4v) is 3.08. The van der Waals surface area contributed by atoms with Gasteiger partial charge in [-0.25, -0.2) is 0 Å². The number of hydrogen-bond acceptors (Lipinski definition) is 0. The van der Waals surface area contributed by atoms with E-state index in [1.54, 1.807) is 23.3 Å². The molecule has 1 aliphatic rings. The first-order chi connectivity index (χ1) is 3.00. The van der Waals surface area contributed by atoms with E-state index in [4.69, 9.17) is 0 Å². The van der Waals surface area contributed by atoms with Crippen LogP contribution in [0.2, 0.25) is 10.4 Å². The van der Waals surface area contributed by atoms with E-state index in [0.717, 1.165) is 15.8 Å². The zero-order valence-electron chi connectivity index (χ0n) is 3.98. The van der Waals surface area contributed by atoms with Crippen LogP contribution in [-0.4, -0.2) is 15.8 Å². The first kappa shape index (κ1) is 4.71. The van der Waals surface area contributed by atoms with Gasteiger partial charge in [0.2, 0.25) is 0 Å². The molecule has 0 aromatic carbocycles. The van der Waals surface area contributed by atoms with Crippen molar-refractivity contribution in [1.29, 1.82) is 0 Å². The van der Waals surface area contributed by atoms with E-state index in [1.807, 2.05) is 0 Å². The summed E-state index contributed by atoms with van der Waals surface area (Å²) in [6, 6.07) is 0. The van der Waals surface area contributed by atoms with Crippen LogP contribution in [0.4, 0.5) is 0 Å². The van der Waals surface area contributed by atoms with Gasteiger partial charge >= 0.3 is 45.4 Å². The van der Waals surface area contributed by atoms with E-state index in [0.29, 0.717) is 0 Å². The minimum atomic E-state index is 0.831. The molecule has 1 fully saturated rings. The van der Waals surface area contributed by atoms with Crippen LogP contribution in [0.1, 0.15) is 19.3 Å². The maximum atomic E-state index is 1.59. The van der Waals surface area contributed by atoms with Crippen LogP contribution in [0, 0.1) is 0 Å². The Morgan fingerprint density at radius 2 is 1.50 bits per heavy atom. The second-order valence-electron chi connectivity index (χ2n) is 1.73. The molecular weight excluding hydrogens is 135 g/mol. The van der Waals surface area contributed by atoms with Gasteiger partial charge in [0.25, 0.3) is 0 Å². The van der Waals surface area contributed by atoms with Crippen LogP contribution < -0.4 is 0 Å². The van der Waals surface area contributed by atoms with Gasteiger partial charge in [-0.05, 0) is 0 Å². The summed E-state index contributed by atoms with van der Waals surface area (Å²) < 4.78 is 0. The molecule has 1 heterocycles. The third kappa shape index (κ3) is 1.34. The second kappa shape index (κ2) is 2.69. The van der Waals surface area contributed by atoms with Gasteiger partial charge in [0.15, 0.2) is 0 Å². The summed E-state index contributed by atoms with van der Waals surface area (Å²) in [6.45, 7) is 0. The van der Waals surface area contributed by atoms with Gasteiger partial charge in [0.1, 0.15) is 0 Å². The maximum absolute atomic E-state index is 1.59. The van der Waals surface area contributed by atoms with E-state index < -0.39 is 0 Å². The Hall–Kier alpha value is 0.558. The first-order valence-corrected chi connectivity index (χ1v) is 5.29. The van der Waals surface area contributed by atoms with Crippen molar-refractivity contribution in [2.45, 2.75) is 29.7 Å². The molecule has 1 aliphatic heterocycles. The normalized spacial score (nSPS) is 24.0. The summed E-state index contributed by atoms with van der Waals surface area (Å²) in [5.74, 6) is 0. The summed E-state index contributed by atoms with van der Waals surface area (Å²) in [7, 11) is 0. The van der Waals surface area contributed by atoms with Crippen molar-refractivity contribution in [1.82, 2.24) is 0 Å². The molecule has 0 spiro atoms. The topological polar surface area (TPSA) is 0 Å². The third-order valence-electron chi connectivity index (χ3n) is 1.13. The molecule has 0 bridgehead atoms. The summed E-state index contributed by atoms with van der Waals surface area (Å²) in [4.78, 5) is 0. The van der Waals surface area contributed by atoms with Crippen molar-refractivity contribution in [3.63, 3.8) is 0 Å². The molecule has 1 heteroatoms. The van der Waals surface area contributed by atoms with Crippen molar-refractivity contribution >= 4 is 15.8 Å². The second-order valence-corrected chi connectivity index (χ2v) is 4.55. The molecule has 1 rings (SSSR count). The standard InChI is InChI=1S/C5H10As/c1-2-4-6-5-3-1/h1-5H2. The van der Waals surface area contributed by atoms with Crippen molar-refractivity contribution in [3.05, 3.63) is 0 Å². The Labute approximate surface area is 46.0 Å². The third-order valence-corrected chi connectivity index (χ3v) is 3.79. The molecule has 0 unspecified atom stereocenters. The fraction of sp³-hybridized carbons (Fsp3) is 1.00. The van der Waals surface area contributed by atoms with E-state index in [9.17, 15) is 0 Å². The Morgan fingerprint density at radius 3 is 1.67 bits per heavy atom. The van der Waals surface area contributed by atoms with Gasteiger partial charge in [-0.2, -0.15) is 0 Å². The van der Waals surface area contributed by atoms with E-state index in [2.05, 4.69) is 0 Å². The summed E-state index contributed by atoms with van der Waals surface area (Å²) in [5, 5.41) is 3.19. The zero-order chi connectivity index (χ0) is 4.24. The molecule has 0 N–H and O–H groups in total. The van der Waals surface area contributed by atoms with Gasteiger partial charge < -0.3 is 0 Å². The quantitative estimate of drug-likeness (QED) is 0.455. The predicted molar refractivity (Wildman–Crippen MR) is 29.2 cm³/mol. The molecule has 0 saturated carbocycles. The van der Waals surface area contributed by atoms with Crippen molar-refractivity contribution in [2.75, 3.05) is 0 Å². The summed E-state index contributed by atoms with van der Waals surface area (Å²) in [6.07, 6.45) is 4.61. The van der Waals surface area contributed by atoms with Gasteiger partial charge in [0, 0.05) is 0 Å². The van der Waals surface area contributed by atoms with Gasteiger partial charge in [-0.15, -0.1) is 0 Å². The van der Waals surface area contributed by atoms with Crippen LogP contribution in [0.15, 0.2) is 0 Å². The Kier molecular flexibility index (Phi) is 2.11. The SMILES string of the molecule is C1CC[As]CC1. The molecule has 0 amide bonds. The number of hydrogen-bond donors (Lipinski definition) is 0. The zero-order valence-corrected chi connectivity index (χ0v) is 5.86. The van der Waals surface area contributed by atoms with E-state index in [1.165, 1.54) is 6.42 Å². The Morgan fingerprint density at radius 1 is 0.833 bits per heavy atom. The van der Waals surface area contributed by atoms with Crippen molar-refractivity contribution in [3.8, 4) is 0 Å². The average Bonchev–Trinajstić information content (AvgIpc) is 1.72. The van der Waals surface area contributed by atoms with E-state index in [-0.39, 0.29) is 0 Å². The summed E-state index contributed by atoms with van der Waals surface area (Å²) in [5.41, 5.74) is 0. The van der Waals surface area contributed by atoms with Gasteiger partial charge in [-0.1, -0.05) is 0 Å². The van der Waals surface area contributed by atoms with Crippen LogP contribution in [0.25, 0.3) is 0 Å². The van der Waals surface area contributed by atoms with Crippen LogP contribution in [-0.2, 0) is 0 Å². The predicted octanol–water partition coefficient (Wildman–Crippen LogP) is 1.71. The molecule has 6 heavy (non-hydrogen) atoms. The molecule has 0 nitrogen and oxygen atoms in total. The molecule has 0 aromatic heterocycles. The fourth-order valence-electron chi connectivity index (χ4n) is 0.736. The molecule has 0 aliphatic carbocycles. The van der Waals surface area contributed by atoms with Crippen molar-refractivity contribution in [2.24, 2.45) is 0 Å². The molecule has 35 valence electrons. The minimum absolute atomic E-state index is 0.831. The monoisotopic (exact) mass is 145 g/mol. The summed E-state index contributed by atoms with van der Waals surface area (Å²) >= 11 is 0.831. The van der Waals surface area contributed by atoms with Crippen LogP contribution >= 0.6 is 0 Å². The van der Waals surface area contributed by atoms with Crippen molar-refractivity contribution < 1.29 is 0 Å². The Balaban J connectivity index is 2.00.